The molecule has 0 aromatic rings. The number of allylic oxidation sites excluding steroid dienone is 2. The van der Waals surface area contributed by atoms with E-state index in [1.165, 1.54) is 0 Å². The summed E-state index contributed by atoms with van der Waals surface area (Å²) in [5.41, 5.74) is 5.01. The Labute approximate surface area is 182 Å². The number of amides is 2. The quantitative estimate of drug-likeness (QED) is 0.254. The molecule has 0 aromatic carbocycles. The number of aliphatic carboxylic acids is 2. The highest BCUT2D eigenvalue weighted by molar-refractivity contribution is 5.84. The molecule has 0 spiro atoms. The summed E-state index contributed by atoms with van der Waals surface area (Å²) < 4.78 is 5.63. The molecule has 0 aliphatic heterocycles. The van der Waals surface area contributed by atoms with Crippen LogP contribution in [0.25, 0.3) is 0 Å². The van der Waals surface area contributed by atoms with Gasteiger partial charge in [0.1, 0.15) is 11.8 Å². The lowest BCUT2D eigenvalue weighted by Gasteiger charge is -2.13. The van der Waals surface area contributed by atoms with Crippen molar-refractivity contribution in [3.05, 3.63) is 24.0 Å². The number of carboxylic acids is 2. The lowest BCUT2D eigenvalue weighted by Crippen LogP contribution is -2.41. The second-order valence-electron chi connectivity index (χ2n) is 7.68. The van der Waals surface area contributed by atoms with E-state index in [0.717, 1.165) is 44.3 Å². The zero-order chi connectivity index (χ0) is 23.1. The first kappa shape index (κ1) is 26.2. The third-order valence-corrected chi connectivity index (χ3v) is 5.01. The van der Waals surface area contributed by atoms with Crippen LogP contribution < -0.4 is 11.1 Å². The van der Waals surface area contributed by atoms with Crippen LogP contribution in [-0.4, -0.2) is 46.6 Å². The number of nitrogens with one attached hydrogen (secondary N) is 1. The normalized spacial score (nSPS) is 16.3. The number of primary amides is 1. The Morgan fingerprint density at radius 2 is 1.68 bits per heavy atom. The van der Waals surface area contributed by atoms with Crippen molar-refractivity contribution in [2.75, 3.05) is 6.61 Å². The second-order valence-corrected chi connectivity index (χ2v) is 7.68. The van der Waals surface area contributed by atoms with Crippen LogP contribution in [0, 0.1) is 5.92 Å². The minimum absolute atomic E-state index is 0.00343. The second kappa shape index (κ2) is 15.0. The van der Waals surface area contributed by atoms with Crippen LogP contribution in [0.1, 0.15) is 70.6 Å². The van der Waals surface area contributed by atoms with Gasteiger partial charge in [-0.2, -0.15) is 0 Å². The van der Waals surface area contributed by atoms with Gasteiger partial charge in [0, 0.05) is 12.8 Å². The number of carbonyl (C=O) groups excluding carboxylic acids is 2. The summed E-state index contributed by atoms with van der Waals surface area (Å²) in [5.74, 6) is -2.64. The van der Waals surface area contributed by atoms with Gasteiger partial charge in [0.2, 0.25) is 11.8 Å². The monoisotopic (exact) mass is 438 g/mol. The third kappa shape index (κ3) is 12.5. The smallest absolute Gasteiger partial charge is 0.326 e. The number of nitrogens with two attached hydrogens (primary N) is 1. The van der Waals surface area contributed by atoms with Gasteiger partial charge < -0.3 is 26.0 Å². The molecule has 0 heterocycles. The molecule has 0 saturated heterocycles. The molecule has 0 fully saturated rings. The molecule has 9 nitrogen and oxygen atoms in total. The summed E-state index contributed by atoms with van der Waals surface area (Å²) in [5, 5.41) is 20.4. The molecule has 1 aliphatic rings. The molecule has 2 atom stereocenters. The average Bonchev–Trinajstić information content (AvgIpc) is 2.72. The van der Waals surface area contributed by atoms with Gasteiger partial charge in [-0.15, -0.1) is 0 Å². The van der Waals surface area contributed by atoms with Crippen molar-refractivity contribution in [1.29, 1.82) is 0 Å². The fraction of sp³-hybridized carbons (Fsp3) is 0.636. The van der Waals surface area contributed by atoms with Crippen molar-refractivity contribution in [3.8, 4) is 0 Å². The maximum absolute atomic E-state index is 11.8. The van der Waals surface area contributed by atoms with Gasteiger partial charge in [0.15, 0.2) is 0 Å². The van der Waals surface area contributed by atoms with E-state index in [-0.39, 0.29) is 25.2 Å². The van der Waals surface area contributed by atoms with E-state index in [1.54, 1.807) is 12.2 Å². The molecule has 0 bridgehead atoms. The van der Waals surface area contributed by atoms with Gasteiger partial charge in [-0.05, 0) is 37.8 Å². The van der Waals surface area contributed by atoms with E-state index in [0.29, 0.717) is 19.4 Å². The summed E-state index contributed by atoms with van der Waals surface area (Å²) >= 11 is 0. The number of hydrogen-bond donors (Lipinski definition) is 4. The van der Waals surface area contributed by atoms with Crippen LogP contribution >= 0.6 is 0 Å². The number of unbranched alkanes of at least 4 members (excludes halogenated alkanes) is 6. The van der Waals surface area contributed by atoms with Crippen molar-refractivity contribution in [3.63, 3.8) is 0 Å². The Balaban J connectivity index is 1.99. The van der Waals surface area contributed by atoms with Gasteiger partial charge in [-0.25, -0.2) is 4.79 Å². The zero-order valence-corrected chi connectivity index (χ0v) is 17.9. The Kier molecular flexibility index (Phi) is 12.7. The minimum Gasteiger partial charge on any atom is -0.494 e. The van der Waals surface area contributed by atoms with E-state index < -0.39 is 29.8 Å². The minimum atomic E-state index is -1.17. The first-order chi connectivity index (χ1) is 14.8. The van der Waals surface area contributed by atoms with Crippen LogP contribution in [0.4, 0.5) is 0 Å². The van der Waals surface area contributed by atoms with E-state index in [4.69, 9.17) is 20.7 Å². The molecule has 1 aliphatic carbocycles. The molecular formula is C22H34N2O7. The molecule has 5 N–H and O–H groups in total. The Morgan fingerprint density at radius 3 is 2.23 bits per heavy atom. The fourth-order valence-electron chi connectivity index (χ4n) is 3.16. The van der Waals surface area contributed by atoms with Crippen LogP contribution in [-0.2, 0) is 23.9 Å². The Bertz CT molecular complexity index is 673. The molecule has 0 radical (unpaired) electrons. The van der Waals surface area contributed by atoms with Gasteiger partial charge in [-0.3, -0.25) is 14.4 Å². The zero-order valence-electron chi connectivity index (χ0n) is 17.9. The molecule has 0 aromatic heterocycles. The summed E-state index contributed by atoms with van der Waals surface area (Å²) in [6.07, 6.45) is 12.5. The van der Waals surface area contributed by atoms with Crippen LogP contribution in [0.3, 0.4) is 0 Å². The largest absolute Gasteiger partial charge is 0.494 e. The first-order valence-electron chi connectivity index (χ1n) is 10.8. The number of ether oxygens (including phenoxy) is 1. The number of hydrogen-bond acceptors (Lipinski definition) is 5. The van der Waals surface area contributed by atoms with Crippen LogP contribution in [0.5, 0.6) is 0 Å². The first-order valence-corrected chi connectivity index (χ1v) is 10.8. The standard InChI is InChI=1S/C22H34N2O7/c23-19(25)14-13-18(22(29)30)24-20(26)8-6-4-2-1-3-5-7-15-31-17-11-9-16(10-12-17)21(27)28/h9,11-12,16,18H,1-8,10,13-15H2,(H2,23,25)(H,24,26)(H,27,28)(H,29,30)/t16?,18-/m0/s1. The SMILES string of the molecule is NC(=O)CC[C@H](NC(=O)CCCCCCCCCOC1=CCC(C(=O)O)C=C1)C(=O)O. The summed E-state index contributed by atoms with van der Waals surface area (Å²) in [6, 6.07) is -1.08. The fourth-order valence-corrected chi connectivity index (χ4v) is 3.16. The number of carbonyl (C=O) groups is 4. The molecule has 9 heteroatoms. The molecule has 174 valence electrons. The lowest BCUT2D eigenvalue weighted by atomic mass is 10.0. The van der Waals surface area contributed by atoms with Gasteiger partial charge in [0.05, 0.1) is 12.5 Å². The van der Waals surface area contributed by atoms with Crippen molar-refractivity contribution in [2.24, 2.45) is 11.7 Å². The van der Waals surface area contributed by atoms with E-state index >= 15 is 0 Å². The topological polar surface area (TPSA) is 156 Å². The predicted octanol–water partition coefficient (Wildman–Crippen LogP) is 2.50. The number of rotatable bonds is 17. The highest BCUT2D eigenvalue weighted by Gasteiger charge is 2.20. The maximum Gasteiger partial charge on any atom is 0.326 e. The van der Waals surface area contributed by atoms with E-state index in [9.17, 15) is 19.2 Å². The molecule has 0 saturated carbocycles. The summed E-state index contributed by atoms with van der Waals surface area (Å²) in [7, 11) is 0. The maximum atomic E-state index is 11.8. The highest BCUT2D eigenvalue weighted by Crippen LogP contribution is 2.18. The Hall–Kier alpha value is -2.84. The highest BCUT2D eigenvalue weighted by atomic mass is 16.5. The van der Waals surface area contributed by atoms with Crippen molar-refractivity contribution >= 4 is 23.8 Å². The van der Waals surface area contributed by atoms with Crippen molar-refractivity contribution in [2.45, 2.75) is 76.7 Å². The third-order valence-electron chi connectivity index (χ3n) is 5.01. The molecular weight excluding hydrogens is 404 g/mol. The molecule has 31 heavy (non-hydrogen) atoms. The summed E-state index contributed by atoms with van der Waals surface area (Å²) in [6.45, 7) is 0.606. The van der Waals surface area contributed by atoms with E-state index in [2.05, 4.69) is 5.32 Å². The Morgan fingerprint density at radius 1 is 1.03 bits per heavy atom. The van der Waals surface area contributed by atoms with Crippen LogP contribution in [0.2, 0.25) is 0 Å². The number of carboxylic acid groups (broad SMARTS) is 2. The average molecular weight is 439 g/mol. The summed E-state index contributed by atoms with van der Waals surface area (Å²) in [4.78, 5) is 44.6. The van der Waals surface area contributed by atoms with Crippen LogP contribution in [0.15, 0.2) is 24.0 Å². The van der Waals surface area contributed by atoms with Gasteiger partial charge in [-0.1, -0.05) is 38.2 Å². The van der Waals surface area contributed by atoms with Gasteiger partial charge >= 0.3 is 11.9 Å². The van der Waals surface area contributed by atoms with Crippen molar-refractivity contribution in [1.82, 2.24) is 5.32 Å². The lowest BCUT2D eigenvalue weighted by molar-refractivity contribution is -0.142. The van der Waals surface area contributed by atoms with Gasteiger partial charge in [0.25, 0.3) is 0 Å². The molecule has 1 unspecified atom stereocenters. The van der Waals surface area contributed by atoms with E-state index in [1.807, 2.05) is 6.08 Å². The molecule has 1 rings (SSSR count). The molecule has 2 amide bonds. The predicted molar refractivity (Wildman–Crippen MR) is 114 cm³/mol. The van der Waals surface area contributed by atoms with Crippen molar-refractivity contribution < 1.29 is 34.1 Å².